The van der Waals surface area contributed by atoms with Crippen molar-refractivity contribution in [2.75, 3.05) is 9.80 Å². The summed E-state index contributed by atoms with van der Waals surface area (Å²) in [5.74, 6) is -9.31. The number of hydrogen-bond acceptors (Lipinski definition) is 5. The number of halogens is 7. The molecular formula is C40H27ClF6N2O5. The lowest BCUT2D eigenvalue weighted by Gasteiger charge is -2.50. The summed E-state index contributed by atoms with van der Waals surface area (Å²) in [5.41, 5.74) is -4.67. The Morgan fingerprint density at radius 3 is 1.96 bits per heavy atom. The summed E-state index contributed by atoms with van der Waals surface area (Å²) < 4.78 is 83.2. The van der Waals surface area contributed by atoms with Gasteiger partial charge in [0.15, 0.2) is 0 Å². The van der Waals surface area contributed by atoms with Gasteiger partial charge in [0.05, 0.1) is 45.7 Å². The number of phenols is 1. The van der Waals surface area contributed by atoms with Crippen LogP contribution in [0.3, 0.4) is 0 Å². The van der Waals surface area contributed by atoms with E-state index in [1.165, 1.54) is 18.2 Å². The van der Waals surface area contributed by atoms with Gasteiger partial charge in [0, 0.05) is 16.5 Å². The number of hydrogen-bond donors (Lipinski definition) is 1. The third-order valence-electron chi connectivity index (χ3n) is 11.2. The predicted octanol–water partition coefficient (Wildman–Crippen LogP) is 8.45. The molecular weight excluding hydrogens is 738 g/mol. The van der Waals surface area contributed by atoms with E-state index in [4.69, 9.17) is 11.6 Å². The SMILES string of the molecule is O=C1[C@H]2[C@H](CC=C3[C@H]2C[C@H]2C(=O)N(c4cccc(Cl)c4)C(=O)[C@@]2(c2ccccc2)[C@H]3c2ccccc2O)C(=O)N1c1cc(C(F)(F)F)cc(C(F)(F)F)c1. The molecule has 6 atom stereocenters. The molecule has 2 aliphatic carbocycles. The first kappa shape index (κ1) is 35.6. The van der Waals surface area contributed by atoms with Gasteiger partial charge in [0.1, 0.15) is 5.75 Å². The van der Waals surface area contributed by atoms with Crippen molar-refractivity contribution in [1.29, 1.82) is 0 Å². The molecule has 54 heavy (non-hydrogen) atoms. The number of carbonyl (C=O) groups is 4. The fourth-order valence-electron chi connectivity index (χ4n) is 9.14. The highest BCUT2D eigenvalue weighted by Crippen LogP contribution is 2.65. The monoisotopic (exact) mass is 764 g/mol. The first-order valence-electron chi connectivity index (χ1n) is 16.9. The van der Waals surface area contributed by atoms with Crippen LogP contribution in [0.2, 0.25) is 5.02 Å². The number of benzene rings is 4. The zero-order chi connectivity index (χ0) is 38.5. The number of nitrogens with zero attached hydrogens (tertiary/aromatic N) is 2. The molecule has 276 valence electrons. The van der Waals surface area contributed by atoms with Crippen LogP contribution in [0.1, 0.15) is 41.0 Å². The number of phenolic OH excluding ortho intramolecular Hbond substituents is 1. The first-order chi connectivity index (χ1) is 25.5. The Kier molecular flexibility index (Phi) is 8.11. The second-order valence-electron chi connectivity index (χ2n) is 13.9. The lowest BCUT2D eigenvalue weighted by Crippen LogP contribution is -2.53. The number of imide groups is 2. The van der Waals surface area contributed by atoms with Crippen LogP contribution < -0.4 is 9.80 Å². The summed E-state index contributed by atoms with van der Waals surface area (Å²) in [6, 6.07) is 21.4. The number of fused-ring (bicyclic) bond motifs is 4. The quantitative estimate of drug-likeness (QED) is 0.128. The highest BCUT2D eigenvalue weighted by atomic mass is 35.5. The molecule has 0 unspecified atom stereocenters. The van der Waals surface area contributed by atoms with Gasteiger partial charge in [0.2, 0.25) is 23.6 Å². The third-order valence-corrected chi connectivity index (χ3v) is 11.5. The summed E-state index contributed by atoms with van der Waals surface area (Å²) in [5, 5.41) is 11.6. The Morgan fingerprint density at radius 1 is 0.685 bits per heavy atom. The third kappa shape index (κ3) is 5.19. The molecule has 1 saturated carbocycles. The number of aromatic hydroxyl groups is 1. The molecule has 4 aromatic carbocycles. The standard InChI is InChI=1S/C40H27ClF6N2O5/c41-23-9-6-10-24(18-23)49-35(52)30-19-29-26(33(27-11-4-5-12-31(27)50)38(30,37(49)54)20-7-2-1-3-8-20)13-14-28-32(29)36(53)48(34(28)51)25-16-21(39(42,43)44)15-22(17-25)40(45,46)47/h1-13,15-18,28-30,32-33,50H,14,19H2/t28-,29+,30-,32-,33+,38+/m0/s1. The maximum Gasteiger partial charge on any atom is 0.416 e. The molecule has 4 aliphatic rings. The maximum absolute atomic E-state index is 15.2. The van der Waals surface area contributed by atoms with E-state index in [1.807, 2.05) is 0 Å². The van der Waals surface area contributed by atoms with Crippen molar-refractivity contribution in [1.82, 2.24) is 0 Å². The fraction of sp³-hybridized carbons (Fsp3) is 0.250. The molecule has 2 saturated heterocycles. The summed E-state index contributed by atoms with van der Waals surface area (Å²) >= 11 is 6.30. The molecule has 8 rings (SSSR count). The first-order valence-corrected chi connectivity index (χ1v) is 17.3. The van der Waals surface area contributed by atoms with Crippen molar-refractivity contribution >= 4 is 46.6 Å². The minimum atomic E-state index is -5.23. The molecule has 3 fully saturated rings. The van der Waals surface area contributed by atoms with Gasteiger partial charge in [-0.25, -0.2) is 9.80 Å². The second kappa shape index (κ2) is 12.3. The van der Waals surface area contributed by atoms with Gasteiger partial charge in [-0.3, -0.25) is 19.2 Å². The van der Waals surface area contributed by atoms with Crippen LogP contribution in [-0.2, 0) is 36.9 Å². The topological polar surface area (TPSA) is 95.0 Å². The molecule has 0 radical (unpaired) electrons. The van der Waals surface area contributed by atoms with E-state index < -0.39 is 87.8 Å². The van der Waals surface area contributed by atoms with Crippen LogP contribution in [0.4, 0.5) is 37.7 Å². The van der Waals surface area contributed by atoms with Gasteiger partial charge in [-0.1, -0.05) is 77.8 Å². The minimum Gasteiger partial charge on any atom is -0.508 e. The molecule has 4 amide bonds. The van der Waals surface area contributed by atoms with Gasteiger partial charge < -0.3 is 5.11 Å². The van der Waals surface area contributed by atoms with E-state index in [9.17, 15) is 45.8 Å². The van der Waals surface area contributed by atoms with E-state index in [-0.39, 0.29) is 40.9 Å². The summed E-state index contributed by atoms with van der Waals surface area (Å²) in [6.07, 6.45) is -9.14. The van der Waals surface area contributed by atoms with E-state index in [0.29, 0.717) is 28.2 Å². The van der Waals surface area contributed by atoms with Crippen molar-refractivity contribution in [3.8, 4) is 5.75 Å². The van der Waals surface area contributed by atoms with Crippen LogP contribution in [0.5, 0.6) is 5.75 Å². The number of para-hydroxylation sites is 1. The molecule has 2 heterocycles. The molecule has 0 spiro atoms. The van der Waals surface area contributed by atoms with Crippen molar-refractivity contribution in [2.45, 2.75) is 36.5 Å². The number of allylic oxidation sites excluding steroid dienone is 2. The molecule has 0 bridgehead atoms. The molecule has 0 aromatic heterocycles. The van der Waals surface area contributed by atoms with Gasteiger partial charge in [0.25, 0.3) is 0 Å². The highest BCUT2D eigenvalue weighted by molar-refractivity contribution is 6.32. The number of anilines is 2. The fourth-order valence-corrected chi connectivity index (χ4v) is 9.33. The second-order valence-corrected chi connectivity index (χ2v) is 14.4. The average Bonchev–Trinajstić information content (AvgIpc) is 3.52. The van der Waals surface area contributed by atoms with Crippen molar-refractivity contribution < 1.29 is 50.6 Å². The summed E-state index contributed by atoms with van der Waals surface area (Å²) in [6.45, 7) is 0. The van der Waals surface area contributed by atoms with Crippen molar-refractivity contribution in [2.24, 2.45) is 23.7 Å². The molecule has 2 aliphatic heterocycles. The van der Waals surface area contributed by atoms with Crippen LogP contribution in [0, 0.1) is 23.7 Å². The van der Waals surface area contributed by atoms with Gasteiger partial charge in [-0.2, -0.15) is 26.3 Å². The van der Waals surface area contributed by atoms with Crippen LogP contribution >= 0.6 is 11.6 Å². The van der Waals surface area contributed by atoms with Crippen molar-refractivity contribution in [3.63, 3.8) is 0 Å². The normalized spacial score (nSPS) is 26.8. The molecule has 14 heteroatoms. The Hall–Kier alpha value is -5.43. The maximum atomic E-state index is 15.2. The van der Waals surface area contributed by atoms with E-state index in [2.05, 4.69) is 0 Å². The number of amides is 4. The van der Waals surface area contributed by atoms with Crippen LogP contribution in [0.25, 0.3) is 0 Å². The number of rotatable bonds is 4. The van der Waals surface area contributed by atoms with Crippen molar-refractivity contribution in [3.05, 3.63) is 136 Å². The molecule has 7 nitrogen and oxygen atoms in total. The molecule has 1 N–H and O–H groups in total. The zero-order valence-electron chi connectivity index (χ0n) is 27.7. The Bertz CT molecular complexity index is 2260. The van der Waals surface area contributed by atoms with Gasteiger partial charge >= 0.3 is 12.4 Å². The lowest BCUT2D eigenvalue weighted by molar-refractivity contribution is -0.143. The van der Waals surface area contributed by atoms with E-state index >= 15 is 4.79 Å². The average molecular weight is 765 g/mol. The Labute approximate surface area is 308 Å². The number of carbonyl (C=O) groups excluding carboxylic acids is 4. The summed E-state index contributed by atoms with van der Waals surface area (Å²) in [7, 11) is 0. The van der Waals surface area contributed by atoms with E-state index in [1.54, 1.807) is 66.7 Å². The van der Waals surface area contributed by atoms with E-state index in [0.717, 1.165) is 4.90 Å². The van der Waals surface area contributed by atoms with Crippen LogP contribution in [-0.4, -0.2) is 28.7 Å². The largest absolute Gasteiger partial charge is 0.508 e. The zero-order valence-corrected chi connectivity index (χ0v) is 28.5. The lowest BCUT2D eigenvalue weighted by atomic mass is 9.49. The smallest absolute Gasteiger partial charge is 0.416 e. The van der Waals surface area contributed by atoms with Gasteiger partial charge in [-0.15, -0.1) is 0 Å². The minimum absolute atomic E-state index is 0.0865. The summed E-state index contributed by atoms with van der Waals surface area (Å²) in [4.78, 5) is 59.8. The van der Waals surface area contributed by atoms with Gasteiger partial charge in [-0.05, 0) is 66.8 Å². The Balaban J connectivity index is 1.32. The predicted molar refractivity (Wildman–Crippen MR) is 183 cm³/mol. The molecule has 4 aromatic rings. The number of alkyl halides is 6. The highest BCUT2D eigenvalue weighted by Gasteiger charge is 2.70. The Morgan fingerprint density at radius 2 is 1.33 bits per heavy atom. The van der Waals surface area contributed by atoms with Crippen LogP contribution in [0.15, 0.2) is 109 Å².